The summed E-state index contributed by atoms with van der Waals surface area (Å²) in [6.07, 6.45) is 0. The van der Waals surface area contributed by atoms with Crippen LogP contribution in [0.2, 0.25) is 5.02 Å². The summed E-state index contributed by atoms with van der Waals surface area (Å²) >= 11 is 5.82. The summed E-state index contributed by atoms with van der Waals surface area (Å²) in [4.78, 5) is 0. The molecule has 5 heteroatoms. The van der Waals surface area contributed by atoms with Crippen molar-refractivity contribution in [2.24, 2.45) is 0 Å². The van der Waals surface area contributed by atoms with Crippen LogP contribution in [0.25, 0.3) is 11.3 Å². The highest BCUT2D eigenvalue weighted by Gasteiger charge is 2.18. The zero-order valence-electron chi connectivity index (χ0n) is 10.3. The Balaban J connectivity index is 2.18. The predicted molar refractivity (Wildman–Crippen MR) is 71.7 cm³/mol. The fraction of sp³-hybridized carbons (Fsp3) is 0.308. The van der Waals surface area contributed by atoms with Crippen LogP contribution in [-0.4, -0.2) is 22.4 Å². The summed E-state index contributed by atoms with van der Waals surface area (Å²) in [6.45, 7) is 3.77. The van der Waals surface area contributed by atoms with E-state index < -0.39 is 5.54 Å². The van der Waals surface area contributed by atoms with Gasteiger partial charge in [-0.15, -0.1) is 0 Å². The van der Waals surface area contributed by atoms with Crippen molar-refractivity contribution in [1.29, 1.82) is 0 Å². The summed E-state index contributed by atoms with van der Waals surface area (Å²) in [6, 6.07) is 9.11. The van der Waals surface area contributed by atoms with Crippen molar-refractivity contribution in [2.45, 2.75) is 19.4 Å². The third-order valence-corrected chi connectivity index (χ3v) is 2.75. The van der Waals surface area contributed by atoms with Gasteiger partial charge in [0.05, 0.1) is 12.1 Å². The monoisotopic (exact) mass is 266 g/mol. The minimum Gasteiger partial charge on any atom is -0.394 e. The molecule has 2 rings (SSSR count). The predicted octanol–water partition coefficient (Wildman–Crippen LogP) is 3.18. The zero-order chi connectivity index (χ0) is 13.2. The molecule has 0 saturated heterocycles. The van der Waals surface area contributed by atoms with E-state index in [4.69, 9.17) is 16.1 Å². The van der Waals surface area contributed by atoms with Gasteiger partial charge < -0.3 is 14.9 Å². The number of anilines is 1. The van der Waals surface area contributed by atoms with E-state index in [0.717, 1.165) is 5.56 Å². The van der Waals surface area contributed by atoms with Crippen LogP contribution in [0.5, 0.6) is 0 Å². The molecule has 2 N–H and O–H groups in total. The van der Waals surface area contributed by atoms with Crippen molar-refractivity contribution < 1.29 is 9.63 Å². The molecule has 0 saturated carbocycles. The third kappa shape index (κ3) is 3.03. The molecular formula is C13H15ClN2O2. The van der Waals surface area contributed by atoms with Crippen molar-refractivity contribution >= 4 is 17.4 Å². The number of halogens is 1. The number of aliphatic hydroxyl groups excluding tert-OH is 1. The van der Waals surface area contributed by atoms with Crippen LogP contribution in [-0.2, 0) is 0 Å². The minimum absolute atomic E-state index is 0.0101. The first-order valence-electron chi connectivity index (χ1n) is 5.62. The van der Waals surface area contributed by atoms with Crippen LogP contribution in [0.15, 0.2) is 34.9 Å². The van der Waals surface area contributed by atoms with Crippen LogP contribution < -0.4 is 5.32 Å². The van der Waals surface area contributed by atoms with Gasteiger partial charge in [0.25, 0.3) is 0 Å². The second-order valence-electron chi connectivity index (χ2n) is 4.75. The van der Waals surface area contributed by atoms with E-state index in [2.05, 4.69) is 10.5 Å². The molecule has 2 aromatic rings. The quantitative estimate of drug-likeness (QED) is 0.892. The van der Waals surface area contributed by atoms with Gasteiger partial charge in [0, 0.05) is 16.7 Å². The van der Waals surface area contributed by atoms with Crippen molar-refractivity contribution in [3.05, 3.63) is 35.4 Å². The van der Waals surface area contributed by atoms with E-state index in [1.165, 1.54) is 0 Å². The molecule has 0 unspecified atom stereocenters. The minimum atomic E-state index is -0.436. The second-order valence-corrected chi connectivity index (χ2v) is 5.19. The zero-order valence-corrected chi connectivity index (χ0v) is 11.0. The van der Waals surface area contributed by atoms with Gasteiger partial charge in [0.1, 0.15) is 0 Å². The highest BCUT2D eigenvalue weighted by Crippen LogP contribution is 2.25. The number of aliphatic hydroxyl groups is 1. The van der Waals surface area contributed by atoms with E-state index in [1.54, 1.807) is 18.2 Å². The van der Waals surface area contributed by atoms with Crippen molar-refractivity contribution in [3.63, 3.8) is 0 Å². The molecule has 96 valence electrons. The van der Waals surface area contributed by atoms with Gasteiger partial charge in [-0.2, -0.15) is 0 Å². The molecule has 0 spiro atoms. The first-order valence-corrected chi connectivity index (χ1v) is 6.00. The SMILES string of the molecule is CC(C)(CO)Nc1cc(-c2ccc(Cl)cc2)on1. The van der Waals surface area contributed by atoms with Gasteiger partial charge in [0.2, 0.25) is 0 Å². The molecule has 0 fully saturated rings. The van der Waals surface area contributed by atoms with Gasteiger partial charge in [0.15, 0.2) is 11.6 Å². The van der Waals surface area contributed by atoms with Crippen LogP contribution in [0, 0.1) is 0 Å². The van der Waals surface area contributed by atoms with Crippen LogP contribution in [0.1, 0.15) is 13.8 Å². The molecule has 4 nitrogen and oxygen atoms in total. The Bertz CT molecular complexity index is 520. The molecule has 1 heterocycles. The first-order chi connectivity index (χ1) is 8.50. The molecule has 18 heavy (non-hydrogen) atoms. The third-order valence-electron chi connectivity index (χ3n) is 2.50. The van der Waals surface area contributed by atoms with Crippen molar-refractivity contribution in [2.75, 3.05) is 11.9 Å². The Labute approximate surface area is 111 Å². The Morgan fingerprint density at radius 2 is 2.00 bits per heavy atom. The highest BCUT2D eigenvalue weighted by atomic mass is 35.5. The number of benzene rings is 1. The van der Waals surface area contributed by atoms with E-state index in [9.17, 15) is 5.11 Å². The Morgan fingerprint density at radius 1 is 1.33 bits per heavy atom. The summed E-state index contributed by atoms with van der Waals surface area (Å²) in [5.74, 6) is 1.25. The fourth-order valence-corrected chi connectivity index (χ4v) is 1.60. The molecule has 0 amide bonds. The average molecular weight is 267 g/mol. The smallest absolute Gasteiger partial charge is 0.170 e. The molecule has 0 bridgehead atoms. The van der Waals surface area contributed by atoms with Gasteiger partial charge in [-0.3, -0.25) is 0 Å². The normalized spacial score (nSPS) is 11.6. The molecular weight excluding hydrogens is 252 g/mol. The first kappa shape index (κ1) is 12.9. The number of aromatic nitrogens is 1. The number of rotatable bonds is 4. The number of nitrogens with one attached hydrogen (secondary N) is 1. The second kappa shape index (κ2) is 5.00. The van der Waals surface area contributed by atoms with Gasteiger partial charge in [-0.1, -0.05) is 16.8 Å². The van der Waals surface area contributed by atoms with Gasteiger partial charge >= 0.3 is 0 Å². The molecule has 0 atom stereocenters. The van der Waals surface area contributed by atoms with Crippen molar-refractivity contribution in [1.82, 2.24) is 5.16 Å². The summed E-state index contributed by atoms with van der Waals surface area (Å²) < 4.78 is 5.24. The van der Waals surface area contributed by atoms with E-state index in [0.29, 0.717) is 16.6 Å². The maximum absolute atomic E-state index is 9.17. The van der Waals surface area contributed by atoms with E-state index in [1.807, 2.05) is 26.0 Å². The van der Waals surface area contributed by atoms with Gasteiger partial charge in [-0.05, 0) is 38.1 Å². The van der Waals surface area contributed by atoms with Crippen LogP contribution in [0.3, 0.4) is 0 Å². The molecule has 0 aliphatic heterocycles. The average Bonchev–Trinajstić information content (AvgIpc) is 2.78. The van der Waals surface area contributed by atoms with Crippen LogP contribution in [0.4, 0.5) is 5.82 Å². The Hall–Kier alpha value is -1.52. The van der Waals surface area contributed by atoms with Crippen LogP contribution >= 0.6 is 11.6 Å². The lowest BCUT2D eigenvalue weighted by molar-refractivity contribution is 0.233. The lowest BCUT2D eigenvalue weighted by Gasteiger charge is -2.22. The molecule has 0 aliphatic rings. The maximum Gasteiger partial charge on any atom is 0.170 e. The van der Waals surface area contributed by atoms with Gasteiger partial charge in [-0.25, -0.2) is 0 Å². The summed E-state index contributed by atoms with van der Waals surface area (Å²) in [5, 5.41) is 16.9. The molecule has 1 aromatic heterocycles. The lowest BCUT2D eigenvalue weighted by Crippen LogP contribution is -2.34. The maximum atomic E-state index is 9.17. The van der Waals surface area contributed by atoms with Crippen molar-refractivity contribution in [3.8, 4) is 11.3 Å². The largest absolute Gasteiger partial charge is 0.394 e. The van der Waals surface area contributed by atoms with E-state index >= 15 is 0 Å². The Kier molecular flexibility index (Phi) is 3.59. The molecule has 1 aromatic carbocycles. The number of nitrogens with zero attached hydrogens (tertiary/aromatic N) is 1. The standard InChI is InChI=1S/C13H15ClN2O2/c1-13(2,8-17)15-12-7-11(18-16-12)9-3-5-10(14)6-4-9/h3-7,17H,8H2,1-2H3,(H,15,16). The lowest BCUT2D eigenvalue weighted by atomic mass is 10.1. The Morgan fingerprint density at radius 3 is 2.61 bits per heavy atom. The number of hydrogen-bond acceptors (Lipinski definition) is 4. The molecule has 0 aliphatic carbocycles. The number of hydrogen-bond donors (Lipinski definition) is 2. The summed E-state index contributed by atoms with van der Waals surface area (Å²) in [7, 11) is 0. The fourth-order valence-electron chi connectivity index (χ4n) is 1.47. The summed E-state index contributed by atoms with van der Waals surface area (Å²) in [5.41, 5.74) is 0.468. The topological polar surface area (TPSA) is 58.3 Å². The molecule has 0 radical (unpaired) electrons. The highest BCUT2D eigenvalue weighted by molar-refractivity contribution is 6.30. The van der Waals surface area contributed by atoms with E-state index in [-0.39, 0.29) is 6.61 Å².